The monoisotopic (exact) mass is 180 g/mol. The van der Waals surface area contributed by atoms with Crippen LogP contribution in [0, 0.1) is 5.82 Å². The first-order valence-electron chi connectivity index (χ1n) is 4.04. The van der Waals surface area contributed by atoms with Crippen molar-refractivity contribution in [2.24, 2.45) is 5.73 Å². The second kappa shape index (κ2) is 2.73. The first kappa shape index (κ1) is 8.04. The highest BCUT2D eigenvalue weighted by Gasteiger charge is 2.22. The molecule has 0 spiro atoms. The average Bonchev–Trinajstić information content (AvgIpc) is 2.46. The summed E-state index contributed by atoms with van der Waals surface area (Å²) in [5, 5.41) is 0. The summed E-state index contributed by atoms with van der Waals surface area (Å²) in [7, 11) is 0. The van der Waals surface area contributed by atoms with E-state index in [0.717, 1.165) is 11.3 Å². The molecule has 1 aromatic carbocycles. The fourth-order valence-corrected chi connectivity index (χ4v) is 1.60. The molecular weight excluding hydrogens is 171 g/mol. The van der Waals surface area contributed by atoms with Gasteiger partial charge in [0.1, 0.15) is 5.82 Å². The molecule has 0 fully saturated rings. The number of halogens is 1. The second-order valence-corrected chi connectivity index (χ2v) is 3.01. The van der Waals surface area contributed by atoms with E-state index in [2.05, 4.69) is 0 Å². The quantitative estimate of drug-likeness (QED) is 0.642. The third kappa shape index (κ3) is 1.24. The number of rotatable bonds is 0. The minimum Gasteiger partial charge on any atom is -0.351 e. The van der Waals surface area contributed by atoms with E-state index in [1.165, 1.54) is 17.0 Å². The van der Waals surface area contributed by atoms with Gasteiger partial charge in [-0.1, -0.05) is 0 Å². The number of amides is 2. The molecule has 2 amide bonds. The maximum absolute atomic E-state index is 12.8. The second-order valence-electron chi connectivity index (χ2n) is 3.01. The Morgan fingerprint density at radius 3 is 3.00 bits per heavy atom. The van der Waals surface area contributed by atoms with Crippen LogP contribution in [0.25, 0.3) is 0 Å². The Morgan fingerprint density at radius 1 is 1.54 bits per heavy atom. The molecule has 4 heteroatoms. The lowest BCUT2D eigenvalue weighted by atomic mass is 10.2. The summed E-state index contributed by atoms with van der Waals surface area (Å²) in [5.41, 5.74) is 6.72. The normalized spacial score (nSPS) is 14.4. The van der Waals surface area contributed by atoms with Gasteiger partial charge >= 0.3 is 6.03 Å². The Hall–Kier alpha value is -1.58. The van der Waals surface area contributed by atoms with Crippen molar-refractivity contribution in [1.82, 2.24) is 0 Å². The van der Waals surface area contributed by atoms with Gasteiger partial charge in [-0.2, -0.15) is 0 Å². The lowest BCUT2D eigenvalue weighted by Gasteiger charge is -2.13. The maximum Gasteiger partial charge on any atom is 0.319 e. The summed E-state index contributed by atoms with van der Waals surface area (Å²) in [6.45, 7) is 0.550. The van der Waals surface area contributed by atoms with E-state index in [9.17, 15) is 9.18 Å². The van der Waals surface area contributed by atoms with Crippen LogP contribution in [-0.4, -0.2) is 12.6 Å². The van der Waals surface area contributed by atoms with Crippen LogP contribution in [0.3, 0.4) is 0 Å². The molecule has 0 aliphatic carbocycles. The zero-order valence-corrected chi connectivity index (χ0v) is 6.96. The van der Waals surface area contributed by atoms with Crippen LogP contribution in [0.1, 0.15) is 5.56 Å². The fourth-order valence-electron chi connectivity index (χ4n) is 1.60. The first-order valence-corrected chi connectivity index (χ1v) is 4.04. The fraction of sp³-hybridized carbons (Fsp3) is 0.222. The average molecular weight is 180 g/mol. The molecule has 1 heterocycles. The summed E-state index contributed by atoms with van der Waals surface area (Å²) >= 11 is 0. The number of urea groups is 1. The molecule has 0 atom stereocenters. The van der Waals surface area contributed by atoms with Gasteiger partial charge < -0.3 is 5.73 Å². The van der Waals surface area contributed by atoms with Crippen LogP contribution in [0.4, 0.5) is 14.9 Å². The van der Waals surface area contributed by atoms with Crippen molar-refractivity contribution in [2.75, 3.05) is 11.4 Å². The third-order valence-corrected chi connectivity index (χ3v) is 2.20. The Balaban J connectivity index is 2.44. The van der Waals surface area contributed by atoms with Gasteiger partial charge in [-0.15, -0.1) is 0 Å². The Morgan fingerprint density at radius 2 is 2.31 bits per heavy atom. The highest BCUT2D eigenvalue weighted by Crippen LogP contribution is 2.27. The lowest BCUT2D eigenvalue weighted by Crippen LogP contribution is -2.33. The van der Waals surface area contributed by atoms with Gasteiger partial charge in [0, 0.05) is 12.2 Å². The summed E-state index contributed by atoms with van der Waals surface area (Å²) in [4.78, 5) is 12.4. The molecule has 2 N–H and O–H groups in total. The van der Waals surface area contributed by atoms with E-state index in [0.29, 0.717) is 13.0 Å². The van der Waals surface area contributed by atoms with Crippen LogP contribution in [0.5, 0.6) is 0 Å². The molecule has 0 unspecified atom stereocenters. The number of hydrogen-bond donors (Lipinski definition) is 1. The van der Waals surface area contributed by atoms with Crippen LogP contribution in [-0.2, 0) is 6.42 Å². The van der Waals surface area contributed by atoms with Crippen molar-refractivity contribution in [3.63, 3.8) is 0 Å². The van der Waals surface area contributed by atoms with Gasteiger partial charge in [-0.05, 0) is 30.2 Å². The first-order chi connectivity index (χ1) is 6.18. The molecule has 0 bridgehead atoms. The van der Waals surface area contributed by atoms with Crippen molar-refractivity contribution >= 4 is 11.7 Å². The number of carbonyl (C=O) groups is 1. The van der Waals surface area contributed by atoms with Gasteiger partial charge in [0.25, 0.3) is 0 Å². The summed E-state index contributed by atoms with van der Waals surface area (Å²) in [6, 6.07) is 3.88. The molecule has 68 valence electrons. The predicted molar refractivity (Wildman–Crippen MR) is 47.0 cm³/mol. The molecule has 1 aromatic rings. The molecular formula is C9H9FN2O. The predicted octanol–water partition coefficient (Wildman–Crippen LogP) is 1.27. The number of primary amides is 1. The zero-order chi connectivity index (χ0) is 9.42. The highest BCUT2D eigenvalue weighted by molar-refractivity contribution is 5.92. The van der Waals surface area contributed by atoms with Gasteiger partial charge in [0.2, 0.25) is 0 Å². The summed E-state index contributed by atoms with van der Waals surface area (Å²) in [5.74, 6) is -0.273. The van der Waals surface area contributed by atoms with E-state index in [4.69, 9.17) is 5.73 Å². The summed E-state index contributed by atoms with van der Waals surface area (Å²) in [6.07, 6.45) is 0.677. The van der Waals surface area contributed by atoms with E-state index in [1.54, 1.807) is 6.07 Å². The van der Waals surface area contributed by atoms with Crippen molar-refractivity contribution in [3.05, 3.63) is 29.6 Å². The molecule has 2 rings (SSSR count). The lowest BCUT2D eigenvalue weighted by molar-refractivity contribution is 0.254. The van der Waals surface area contributed by atoms with Gasteiger partial charge in [-0.3, -0.25) is 4.90 Å². The minimum absolute atomic E-state index is 0.273. The molecule has 13 heavy (non-hydrogen) atoms. The molecule has 3 nitrogen and oxygen atoms in total. The molecule has 0 radical (unpaired) electrons. The van der Waals surface area contributed by atoms with Crippen LogP contribution >= 0.6 is 0 Å². The zero-order valence-electron chi connectivity index (χ0n) is 6.96. The van der Waals surface area contributed by atoms with Gasteiger partial charge in [0.15, 0.2) is 0 Å². The molecule has 1 aliphatic heterocycles. The third-order valence-electron chi connectivity index (χ3n) is 2.20. The molecule has 0 saturated heterocycles. The van der Waals surface area contributed by atoms with Crippen molar-refractivity contribution in [2.45, 2.75) is 6.42 Å². The largest absolute Gasteiger partial charge is 0.351 e. The van der Waals surface area contributed by atoms with E-state index < -0.39 is 6.03 Å². The smallest absolute Gasteiger partial charge is 0.319 e. The van der Waals surface area contributed by atoms with Crippen molar-refractivity contribution in [1.29, 1.82) is 0 Å². The SMILES string of the molecule is NC(=O)N1CCc2cc(F)ccc21. The summed E-state index contributed by atoms with van der Waals surface area (Å²) < 4.78 is 12.8. The number of nitrogens with two attached hydrogens (primary N) is 1. The Bertz CT molecular complexity index is 365. The number of fused-ring (bicyclic) bond motifs is 1. The highest BCUT2D eigenvalue weighted by atomic mass is 19.1. The Kier molecular flexibility index (Phi) is 1.69. The number of nitrogens with zero attached hydrogens (tertiary/aromatic N) is 1. The number of hydrogen-bond acceptors (Lipinski definition) is 1. The van der Waals surface area contributed by atoms with Gasteiger partial charge in [-0.25, -0.2) is 9.18 Å². The van der Waals surface area contributed by atoms with Gasteiger partial charge in [0.05, 0.1) is 0 Å². The topological polar surface area (TPSA) is 46.3 Å². The maximum atomic E-state index is 12.8. The standard InChI is InChI=1S/C9H9FN2O/c10-7-1-2-8-6(5-7)3-4-12(8)9(11)13/h1-2,5H,3-4H2,(H2,11,13). The van der Waals surface area contributed by atoms with Crippen LogP contribution < -0.4 is 10.6 Å². The molecule has 0 aromatic heterocycles. The molecule has 1 aliphatic rings. The van der Waals surface area contributed by atoms with E-state index in [-0.39, 0.29) is 5.82 Å². The Labute approximate surface area is 74.9 Å². The van der Waals surface area contributed by atoms with Crippen molar-refractivity contribution in [3.8, 4) is 0 Å². The number of anilines is 1. The van der Waals surface area contributed by atoms with E-state index >= 15 is 0 Å². The van der Waals surface area contributed by atoms with E-state index in [1.807, 2.05) is 0 Å². The van der Waals surface area contributed by atoms with Crippen LogP contribution in [0.15, 0.2) is 18.2 Å². The van der Waals surface area contributed by atoms with Crippen molar-refractivity contribution < 1.29 is 9.18 Å². The van der Waals surface area contributed by atoms with Crippen LogP contribution in [0.2, 0.25) is 0 Å². The molecule has 0 saturated carbocycles. The number of benzene rings is 1. The minimum atomic E-state index is -0.481. The number of carbonyl (C=O) groups excluding carboxylic acids is 1.